The summed E-state index contributed by atoms with van der Waals surface area (Å²) < 4.78 is 24.2. The highest BCUT2D eigenvalue weighted by atomic mass is 19.1. The van der Waals surface area contributed by atoms with Crippen molar-refractivity contribution in [1.29, 1.82) is 0 Å². The molecule has 1 unspecified atom stereocenters. The summed E-state index contributed by atoms with van der Waals surface area (Å²) >= 11 is 0. The summed E-state index contributed by atoms with van der Waals surface area (Å²) in [6.45, 7) is 9.40. The van der Waals surface area contributed by atoms with E-state index < -0.39 is 0 Å². The van der Waals surface area contributed by atoms with Crippen molar-refractivity contribution >= 4 is 0 Å². The predicted octanol–water partition coefficient (Wildman–Crippen LogP) is 3.08. The Hall–Kier alpha value is -1.39. The Labute approximate surface area is 114 Å². The second-order valence-corrected chi connectivity index (χ2v) is 4.57. The summed E-state index contributed by atoms with van der Waals surface area (Å²) in [5.41, 5.74) is 1.62. The van der Waals surface area contributed by atoms with Crippen LogP contribution in [0.15, 0.2) is 30.4 Å². The van der Waals surface area contributed by atoms with E-state index in [1.165, 1.54) is 13.2 Å². The number of methoxy groups -OCH3 is 1. The average Bonchev–Trinajstić information content (AvgIpc) is 2.37. The van der Waals surface area contributed by atoms with Gasteiger partial charge in [0.15, 0.2) is 0 Å². The van der Waals surface area contributed by atoms with Gasteiger partial charge in [0.25, 0.3) is 0 Å². The normalized spacial score (nSPS) is 12.2. The maximum absolute atomic E-state index is 13.8. The van der Waals surface area contributed by atoms with E-state index in [1.807, 2.05) is 13.8 Å². The van der Waals surface area contributed by atoms with Crippen LogP contribution in [0, 0.1) is 5.82 Å². The first-order chi connectivity index (χ1) is 9.04. The molecule has 0 amide bonds. The monoisotopic (exact) mass is 267 g/mol. The van der Waals surface area contributed by atoms with E-state index in [9.17, 15) is 4.39 Å². The number of ether oxygens (including phenoxy) is 2. The predicted molar refractivity (Wildman–Crippen MR) is 75.0 cm³/mol. The fourth-order valence-electron chi connectivity index (χ4n) is 1.69. The second-order valence-electron chi connectivity index (χ2n) is 4.57. The molecule has 0 heterocycles. The van der Waals surface area contributed by atoms with E-state index in [4.69, 9.17) is 9.47 Å². The Balaban J connectivity index is 2.40. The molecule has 0 spiro atoms. The first kappa shape index (κ1) is 15.7. The van der Waals surface area contributed by atoms with Crippen LogP contribution in [0.2, 0.25) is 0 Å². The smallest absolute Gasteiger partial charge is 0.131 e. The number of nitrogens with one attached hydrogen (secondary N) is 1. The third kappa shape index (κ3) is 5.41. The number of hydrogen-bond acceptors (Lipinski definition) is 3. The Morgan fingerprint density at radius 2 is 2.21 bits per heavy atom. The largest absolute Gasteiger partial charge is 0.497 e. The average molecular weight is 267 g/mol. The van der Waals surface area contributed by atoms with Crippen molar-refractivity contribution in [3.05, 3.63) is 41.7 Å². The zero-order valence-corrected chi connectivity index (χ0v) is 11.8. The van der Waals surface area contributed by atoms with Gasteiger partial charge in [-0.2, -0.15) is 0 Å². The van der Waals surface area contributed by atoms with Gasteiger partial charge in [-0.05, 0) is 19.9 Å². The third-order valence-electron chi connectivity index (χ3n) is 2.72. The molecular weight excluding hydrogens is 245 g/mol. The molecule has 1 N–H and O–H groups in total. The summed E-state index contributed by atoms with van der Waals surface area (Å²) in [7, 11) is 1.52. The SMILES string of the molecule is C=C(C)COCCNC(C)c1ccc(OC)cc1F. The number of halogens is 1. The molecule has 0 saturated heterocycles. The van der Waals surface area contributed by atoms with Gasteiger partial charge in [-0.3, -0.25) is 0 Å². The molecule has 0 fully saturated rings. The summed E-state index contributed by atoms with van der Waals surface area (Å²) in [6, 6.07) is 4.82. The summed E-state index contributed by atoms with van der Waals surface area (Å²) in [5.74, 6) is 0.264. The molecule has 1 aromatic carbocycles. The van der Waals surface area contributed by atoms with Gasteiger partial charge < -0.3 is 14.8 Å². The lowest BCUT2D eigenvalue weighted by Gasteiger charge is -2.15. The third-order valence-corrected chi connectivity index (χ3v) is 2.72. The van der Waals surface area contributed by atoms with Crippen LogP contribution in [0.1, 0.15) is 25.5 Å². The van der Waals surface area contributed by atoms with E-state index in [-0.39, 0.29) is 11.9 Å². The molecule has 19 heavy (non-hydrogen) atoms. The molecule has 0 aromatic heterocycles. The van der Waals surface area contributed by atoms with Crippen LogP contribution < -0.4 is 10.1 Å². The Kier molecular flexibility index (Phi) is 6.53. The Morgan fingerprint density at radius 1 is 1.47 bits per heavy atom. The molecule has 0 bridgehead atoms. The van der Waals surface area contributed by atoms with E-state index in [2.05, 4.69) is 11.9 Å². The standard InChI is InChI=1S/C15H22FNO2/c1-11(2)10-19-8-7-17-12(3)14-6-5-13(18-4)9-15(14)16/h5-6,9,12,17H,1,7-8,10H2,2-4H3. The molecule has 0 radical (unpaired) electrons. The van der Waals surface area contributed by atoms with Crippen LogP contribution in [-0.4, -0.2) is 26.9 Å². The lowest BCUT2D eigenvalue weighted by molar-refractivity contribution is 0.155. The first-order valence-corrected chi connectivity index (χ1v) is 6.33. The van der Waals surface area contributed by atoms with Crippen molar-refractivity contribution in [2.45, 2.75) is 19.9 Å². The van der Waals surface area contributed by atoms with E-state index in [0.29, 0.717) is 31.1 Å². The molecule has 1 atom stereocenters. The fraction of sp³-hybridized carbons (Fsp3) is 0.467. The van der Waals surface area contributed by atoms with Crippen molar-refractivity contribution in [3.63, 3.8) is 0 Å². The topological polar surface area (TPSA) is 30.5 Å². The van der Waals surface area contributed by atoms with Gasteiger partial charge in [0.1, 0.15) is 11.6 Å². The summed E-state index contributed by atoms with van der Waals surface area (Å²) in [4.78, 5) is 0. The molecule has 0 aliphatic rings. The number of hydrogen-bond donors (Lipinski definition) is 1. The second kappa shape index (κ2) is 7.92. The molecule has 3 nitrogen and oxygen atoms in total. The van der Waals surface area contributed by atoms with Gasteiger partial charge in [0, 0.05) is 24.2 Å². The molecule has 0 aliphatic carbocycles. The first-order valence-electron chi connectivity index (χ1n) is 6.33. The van der Waals surface area contributed by atoms with Gasteiger partial charge in [0.05, 0.1) is 20.3 Å². The summed E-state index contributed by atoms with van der Waals surface area (Å²) in [5, 5.41) is 3.22. The van der Waals surface area contributed by atoms with E-state index >= 15 is 0 Å². The van der Waals surface area contributed by atoms with Crippen LogP contribution in [0.5, 0.6) is 5.75 Å². The quantitative estimate of drug-likeness (QED) is 0.580. The van der Waals surface area contributed by atoms with Crippen molar-refractivity contribution in [1.82, 2.24) is 5.32 Å². The van der Waals surface area contributed by atoms with Crippen molar-refractivity contribution in [3.8, 4) is 5.75 Å². The van der Waals surface area contributed by atoms with Crippen LogP contribution in [-0.2, 0) is 4.74 Å². The van der Waals surface area contributed by atoms with Crippen LogP contribution in [0.3, 0.4) is 0 Å². The molecule has 0 saturated carbocycles. The minimum absolute atomic E-state index is 0.0701. The molecule has 4 heteroatoms. The lowest BCUT2D eigenvalue weighted by atomic mass is 10.1. The minimum Gasteiger partial charge on any atom is -0.497 e. The van der Waals surface area contributed by atoms with Gasteiger partial charge in [-0.1, -0.05) is 18.2 Å². The molecule has 0 aliphatic heterocycles. The highest BCUT2D eigenvalue weighted by molar-refractivity contribution is 5.30. The molecule has 1 aromatic rings. The maximum Gasteiger partial charge on any atom is 0.131 e. The molecule has 106 valence electrons. The highest BCUT2D eigenvalue weighted by Gasteiger charge is 2.10. The zero-order valence-electron chi connectivity index (χ0n) is 11.8. The van der Waals surface area contributed by atoms with Gasteiger partial charge in [0.2, 0.25) is 0 Å². The zero-order chi connectivity index (χ0) is 14.3. The van der Waals surface area contributed by atoms with Crippen molar-refractivity contribution < 1.29 is 13.9 Å². The van der Waals surface area contributed by atoms with Crippen molar-refractivity contribution in [2.75, 3.05) is 26.9 Å². The van der Waals surface area contributed by atoms with Crippen LogP contribution in [0.25, 0.3) is 0 Å². The Morgan fingerprint density at radius 3 is 2.79 bits per heavy atom. The van der Waals surface area contributed by atoms with Gasteiger partial charge >= 0.3 is 0 Å². The lowest BCUT2D eigenvalue weighted by Crippen LogP contribution is -2.24. The van der Waals surface area contributed by atoms with Gasteiger partial charge in [-0.15, -0.1) is 0 Å². The summed E-state index contributed by atoms with van der Waals surface area (Å²) in [6.07, 6.45) is 0. The molecule has 1 rings (SSSR count). The fourth-order valence-corrected chi connectivity index (χ4v) is 1.69. The Bertz CT molecular complexity index is 421. The maximum atomic E-state index is 13.8. The van der Waals surface area contributed by atoms with Crippen molar-refractivity contribution in [2.24, 2.45) is 0 Å². The number of benzene rings is 1. The van der Waals surface area contributed by atoms with Crippen LogP contribution in [0.4, 0.5) is 4.39 Å². The number of rotatable bonds is 8. The molecular formula is C15H22FNO2. The van der Waals surface area contributed by atoms with Gasteiger partial charge in [-0.25, -0.2) is 4.39 Å². The minimum atomic E-state index is -0.262. The van der Waals surface area contributed by atoms with E-state index in [0.717, 1.165) is 5.57 Å². The van der Waals surface area contributed by atoms with Crippen LogP contribution >= 0.6 is 0 Å². The van der Waals surface area contributed by atoms with E-state index in [1.54, 1.807) is 12.1 Å². The highest BCUT2D eigenvalue weighted by Crippen LogP contribution is 2.21.